The van der Waals surface area contributed by atoms with Crippen molar-refractivity contribution in [3.63, 3.8) is 0 Å². The highest BCUT2D eigenvalue weighted by molar-refractivity contribution is 7.91. The molecule has 0 saturated heterocycles. The van der Waals surface area contributed by atoms with Crippen molar-refractivity contribution in [2.45, 2.75) is 26.4 Å². The fourth-order valence-corrected chi connectivity index (χ4v) is 6.80. The minimum Gasteiger partial charge on any atom is -0.496 e. The van der Waals surface area contributed by atoms with Gasteiger partial charge in [-0.3, -0.25) is 0 Å². The van der Waals surface area contributed by atoms with Gasteiger partial charge in [0.05, 0.1) is 47.3 Å². The molecule has 0 aliphatic carbocycles. The van der Waals surface area contributed by atoms with E-state index in [1.165, 1.54) is 29.8 Å². The maximum Gasteiger partial charge on any atom is 0.152 e. The van der Waals surface area contributed by atoms with Gasteiger partial charge in [0.1, 0.15) is 36.1 Å². The summed E-state index contributed by atoms with van der Waals surface area (Å²) in [5, 5.41) is 7.27. The van der Waals surface area contributed by atoms with E-state index < -0.39 is 9.84 Å². The van der Waals surface area contributed by atoms with Crippen LogP contribution in [0.1, 0.15) is 23.9 Å². The van der Waals surface area contributed by atoms with Gasteiger partial charge in [-0.25, -0.2) is 27.8 Å². The van der Waals surface area contributed by atoms with E-state index in [2.05, 4.69) is 15.3 Å². The molecule has 9 nitrogen and oxygen atoms in total. The molecule has 0 unspecified atom stereocenters. The van der Waals surface area contributed by atoms with Crippen molar-refractivity contribution in [1.29, 1.82) is 0 Å². The van der Waals surface area contributed by atoms with Crippen molar-refractivity contribution in [3.8, 4) is 22.8 Å². The van der Waals surface area contributed by atoms with E-state index in [-0.39, 0.29) is 30.5 Å². The molecule has 0 bridgehead atoms. The van der Waals surface area contributed by atoms with Crippen LogP contribution in [0, 0.1) is 5.82 Å². The zero-order chi connectivity index (χ0) is 31.8. The predicted molar refractivity (Wildman–Crippen MR) is 176 cm³/mol. The number of hydrogen-bond acceptors (Lipinski definition) is 10. The van der Waals surface area contributed by atoms with E-state index in [1.54, 1.807) is 31.4 Å². The quantitative estimate of drug-likeness (QED) is 0.115. The van der Waals surface area contributed by atoms with Crippen molar-refractivity contribution in [2.24, 2.45) is 0 Å². The van der Waals surface area contributed by atoms with E-state index in [9.17, 15) is 12.8 Å². The minimum atomic E-state index is -3.07. The number of halogens is 2. The summed E-state index contributed by atoms with van der Waals surface area (Å²) in [4.78, 5) is 13.7. The molecule has 2 aromatic heterocycles. The van der Waals surface area contributed by atoms with Crippen molar-refractivity contribution in [1.82, 2.24) is 15.0 Å². The number of hydrogen-bond donors (Lipinski definition) is 1. The molecule has 0 aliphatic rings. The largest absolute Gasteiger partial charge is 0.496 e. The average molecular weight is 671 g/mol. The van der Waals surface area contributed by atoms with Crippen molar-refractivity contribution >= 4 is 55.2 Å². The topological polar surface area (TPSA) is 113 Å². The molecule has 236 valence electrons. The molecule has 0 atom stereocenters. The standard InChI is InChI=1S/C32H32ClFN4O5S2/c1-3-12-45(39,40)13-11-42-10-9-31-38-28(19-44-31)24-16-25-27(17-30(24)41-2)35-20-36-32(25)37-23-7-8-29(26(33)15-23)43-18-21-5-4-6-22(34)14-21/h4-8,14-17,19-20H,3,9-13,18H2,1-2H3,(H,35,36,37). The molecule has 5 rings (SSSR count). The zero-order valence-electron chi connectivity index (χ0n) is 24.8. The summed E-state index contributed by atoms with van der Waals surface area (Å²) in [6.45, 7) is 2.57. The Morgan fingerprint density at radius 3 is 2.67 bits per heavy atom. The second-order valence-electron chi connectivity index (χ2n) is 10.1. The van der Waals surface area contributed by atoms with Crippen LogP contribution in [-0.4, -0.2) is 55.2 Å². The molecule has 3 aromatic carbocycles. The Morgan fingerprint density at radius 1 is 1.02 bits per heavy atom. The number of nitrogens with one attached hydrogen (secondary N) is 1. The summed E-state index contributed by atoms with van der Waals surface area (Å²) in [6.07, 6.45) is 2.63. The first-order valence-electron chi connectivity index (χ1n) is 14.2. The lowest BCUT2D eigenvalue weighted by Crippen LogP contribution is -2.16. The smallest absolute Gasteiger partial charge is 0.152 e. The number of ether oxygens (including phenoxy) is 3. The summed E-state index contributed by atoms with van der Waals surface area (Å²) in [6, 6.07) is 15.3. The minimum absolute atomic E-state index is 0.0252. The monoisotopic (exact) mass is 670 g/mol. The normalized spacial score (nSPS) is 11.6. The van der Waals surface area contributed by atoms with Gasteiger partial charge in [-0.2, -0.15) is 0 Å². The summed E-state index contributed by atoms with van der Waals surface area (Å²) in [7, 11) is -1.47. The van der Waals surface area contributed by atoms with Crippen LogP contribution in [0.4, 0.5) is 15.9 Å². The molecule has 13 heteroatoms. The van der Waals surface area contributed by atoms with Crippen molar-refractivity contribution < 1.29 is 27.0 Å². The Hall–Kier alpha value is -3.84. The second kappa shape index (κ2) is 15.0. The Morgan fingerprint density at radius 2 is 1.89 bits per heavy atom. The summed E-state index contributed by atoms with van der Waals surface area (Å²) in [5.74, 6) is 1.53. The van der Waals surface area contributed by atoms with Crippen LogP contribution in [0.3, 0.4) is 0 Å². The molecule has 0 aliphatic heterocycles. The summed E-state index contributed by atoms with van der Waals surface area (Å²) < 4.78 is 54.3. The van der Waals surface area contributed by atoms with E-state index in [0.717, 1.165) is 21.7 Å². The van der Waals surface area contributed by atoms with Crippen LogP contribution in [0.2, 0.25) is 5.02 Å². The summed E-state index contributed by atoms with van der Waals surface area (Å²) >= 11 is 8.01. The van der Waals surface area contributed by atoms with Gasteiger partial charge >= 0.3 is 0 Å². The maximum atomic E-state index is 13.5. The van der Waals surface area contributed by atoms with Crippen LogP contribution < -0.4 is 14.8 Å². The number of sulfone groups is 1. The van der Waals surface area contributed by atoms with Gasteiger partial charge < -0.3 is 19.5 Å². The lowest BCUT2D eigenvalue weighted by molar-refractivity contribution is 0.152. The van der Waals surface area contributed by atoms with Crippen LogP contribution >= 0.6 is 22.9 Å². The number of fused-ring (bicyclic) bond motifs is 1. The van der Waals surface area contributed by atoms with Crippen LogP contribution in [-0.2, 0) is 27.6 Å². The second-order valence-corrected chi connectivity index (χ2v) is 13.8. The van der Waals surface area contributed by atoms with Gasteiger partial charge in [-0.05, 0) is 48.4 Å². The predicted octanol–water partition coefficient (Wildman–Crippen LogP) is 7.26. The number of nitrogens with zero attached hydrogens (tertiary/aromatic N) is 3. The SMILES string of the molecule is CCCS(=O)(=O)CCOCCc1nc(-c2cc3c(Nc4ccc(OCc5cccc(F)c5)c(Cl)c4)ncnc3cc2OC)cs1. The fourth-order valence-electron chi connectivity index (χ4n) is 4.58. The van der Waals surface area contributed by atoms with Gasteiger partial charge in [0.15, 0.2) is 9.84 Å². The first kappa shape index (κ1) is 32.6. The van der Waals surface area contributed by atoms with E-state index in [0.29, 0.717) is 58.6 Å². The number of benzene rings is 3. The molecule has 0 spiro atoms. The Balaban J connectivity index is 1.29. The maximum absolute atomic E-state index is 13.5. The third-order valence-corrected chi connectivity index (χ3v) is 9.80. The fraction of sp³-hybridized carbons (Fsp3) is 0.281. The molecular weight excluding hydrogens is 639 g/mol. The van der Waals surface area contributed by atoms with E-state index in [1.807, 2.05) is 30.5 Å². The Kier molecular flexibility index (Phi) is 10.8. The number of rotatable bonds is 15. The van der Waals surface area contributed by atoms with Crippen molar-refractivity contribution in [3.05, 3.63) is 87.7 Å². The highest BCUT2D eigenvalue weighted by Gasteiger charge is 2.16. The van der Waals surface area contributed by atoms with Crippen LogP contribution in [0.5, 0.6) is 11.5 Å². The van der Waals surface area contributed by atoms with Crippen LogP contribution in [0.25, 0.3) is 22.2 Å². The first-order valence-corrected chi connectivity index (χ1v) is 17.3. The van der Waals surface area contributed by atoms with Crippen LogP contribution in [0.15, 0.2) is 66.3 Å². The Labute approximate surface area is 270 Å². The molecule has 2 heterocycles. The number of methoxy groups -OCH3 is 1. The molecule has 0 amide bonds. The number of anilines is 2. The Bertz CT molecular complexity index is 1890. The van der Waals surface area contributed by atoms with E-state index in [4.69, 9.17) is 30.8 Å². The lowest BCUT2D eigenvalue weighted by atomic mass is 10.1. The lowest BCUT2D eigenvalue weighted by Gasteiger charge is -2.13. The average Bonchev–Trinajstić information content (AvgIpc) is 3.49. The summed E-state index contributed by atoms with van der Waals surface area (Å²) in [5.41, 5.74) is 3.57. The van der Waals surface area contributed by atoms with Gasteiger partial charge in [0.2, 0.25) is 0 Å². The molecule has 0 saturated carbocycles. The third-order valence-electron chi connectivity index (χ3n) is 6.78. The molecular formula is C32H32ClFN4O5S2. The van der Waals surface area contributed by atoms with Crippen molar-refractivity contribution in [2.75, 3.05) is 37.1 Å². The molecule has 0 radical (unpaired) electrons. The zero-order valence-corrected chi connectivity index (χ0v) is 27.1. The van der Waals surface area contributed by atoms with Gasteiger partial charge in [-0.15, -0.1) is 11.3 Å². The number of aromatic nitrogens is 3. The number of thiazole rings is 1. The van der Waals surface area contributed by atoms with Gasteiger partial charge in [-0.1, -0.05) is 30.7 Å². The first-order chi connectivity index (χ1) is 21.7. The molecule has 45 heavy (non-hydrogen) atoms. The van der Waals surface area contributed by atoms with Gasteiger partial charge in [0, 0.05) is 40.3 Å². The molecule has 1 N–H and O–H groups in total. The molecule has 5 aromatic rings. The molecule has 0 fully saturated rings. The van der Waals surface area contributed by atoms with Gasteiger partial charge in [0.25, 0.3) is 0 Å². The third kappa shape index (κ3) is 8.66. The highest BCUT2D eigenvalue weighted by atomic mass is 35.5. The van der Waals surface area contributed by atoms with E-state index >= 15 is 0 Å². The highest BCUT2D eigenvalue weighted by Crippen LogP contribution is 2.37.